The van der Waals surface area contributed by atoms with E-state index in [1.807, 2.05) is 13.8 Å². The zero-order valence-electron chi connectivity index (χ0n) is 14.8. The van der Waals surface area contributed by atoms with Gasteiger partial charge >= 0.3 is 7.48 Å². The van der Waals surface area contributed by atoms with Crippen molar-refractivity contribution in [1.82, 2.24) is 5.32 Å². The molecule has 1 aromatic carbocycles. The first kappa shape index (κ1) is 16.4. The fraction of sp³-hybridized carbons (Fsp3) is 0.556. The number of rotatable bonds is 4. The molecule has 5 heteroatoms. The number of benzene rings is 1. The molecule has 2 heterocycles. The van der Waals surface area contributed by atoms with Crippen LogP contribution in [0, 0.1) is 0 Å². The summed E-state index contributed by atoms with van der Waals surface area (Å²) in [6, 6.07) is 7.04. The predicted octanol–water partition coefficient (Wildman–Crippen LogP) is 1.25. The van der Waals surface area contributed by atoms with Crippen molar-refractivity contribution in [3.05, 3.63) is 36.0 Å². The van der Waals surface area contributed by atoms with Gasteiger partial charge in [0.25, 0.3) is 0 Å². The standard InChI is InChI=1S/C18H27BN2O2/c1-17(2,22)18(3,4)23-19-12-6-7-13-14-11-20-9-8-15(14)21(5)16(13)10-12/h6-10,14-15,19-20,22H,11H2,1-5H3. The Morgan fingerprint density at radius 1 is 1.30 bits per heavy atom. The molecule has 2 aliphatic heterocycles. The summed E-state index contributed by atoms with van der Waals surface area (Å²) >= 11 is 0. The Bertz CT molecular complexity index is 622. The Morgan fingerprint density at radius 3 is 2.74 bits per heavy atom. The third kappa shape index (κ3) is 2.88. The number of hydrogen-bond donors (Lipinski definition) is 2. The van der Waals surface area contributed by atoms with E-state index in [0.717, 1.165) is 12.0 Å². The molecule has 0 saturated carbocycles. The highest BCUT2D eigenvalue weighted by molar-refractivity contribution is 6.47. The Balaban J connectivity index is 1.78. The van der Waals surface area contributed by atoms with E-state index in [-0.39, 0.29) is 0 Å². The molecule has 2 unspecified atom stereocenters. The van der Waals surface area contributed by atoms with E-state index in [2.05, 4.69) is 47.7 Å². The summed E-state index contributed by atoms with van der Waals surface area (Å²) in [7, 11) is 2.66. The molecule has 2 atom stereocenters. The highest BCUT2D eigenvalue weighted by Gasteiger charge is 2.37. The summed E-state index contributed by atoms with van der Waals surface area (Å²) in [4.78, 5) is 2.35. The minimum absolute atomic E-state index is 0.440. The van der Waals surface area contributed by atoms with Gasteiger partial charge < -0.3 is 20.0 Å². The first-order valence-electron chi connectivity index (χ1n) is 8.33. The van der Waals surface area contributed by atoms with Gasteiger partial charge in [0.1, 0.15) is 0 Å². The maximum Gasteiger partial charge on any atom is 0.309 e. The molecule has 0 radical (unpaired) electrons. The highest BCUT2D eigenvalue weighted by atomic mass is 16.5. The molecule has 124 valence electrons. The van der Waals surface area contributed by atoms with Gasteiger partial charge in [0.05, 0.1) is 17.2 Å². The van der Waals surface area contributed by atoms with E-state index < -0.39 is 11.2 Å². The third-order valence-corrected chi connectivity index (χ3v) is 5.56. The Labute approximate surface area is 139 Å². The van der Waals surface area contributed by atoms with Crippen LogP contribution in [0.25, 0.3) is 0 Å². The van der Waals surface area contributed by atoms with Gasteiger partial charge in [-0.2, -0.15) is 0 Å². The second-order valence-corrected chi connectivity index (χ2v) is 7.73. The van der Waals surface area contributed by atoms with Crippen LogP contribution in [-0.2, 0) is 4.65 Å². The molecule has 2 N–H and O–H groups in total. The first-order chi connectivity index (χ1) is 10.7. The van der Waals surface area contributed by atoms with E-state index in [9.17, 15) is 5.11 Å². The molecule has 0 aromatic heterocycles. The van der Waals surface area contributed by atoms with E-state index in [1.54, 1.807) is 13.8 Å². The number of nitrogens with zero attached hydrogens (tertiary/aromatic N) is 1. The van der Waals surface area contributed by atoms with Crippen molar-refractivity contribution >= 4 is 18.6 Å². The zero-order valence-corrected chi connectivity index (χ0v) is 14.8. The smallest absolute Gasteiger partial charge is 0.309 e. The Morgan fingerprint density at radius 2 is 2.04 bits per heavy atom. The lowest BCUT2D eigenvalue weighted by atomic mass is 9.81. The van der Waals surface area contributed by atoms with E-state index in [4.69, 9.17) is 4.65 Å². The molecular formula is C18H27BN2O2. The molecule has 23 heavy (non-hydrogen) atoms. The fourth-order valence-corrected chi connectivity index (χ4v) is 3.21. The van der Waals surface area contributed by atoms with Gasteiger partial charge in [0.2, 0.25) is 0 Å². The average Bonchev–Trinajstić information content (AvgIpc) is 2.78. The number of likely N-dealkylation sites (N-methyl/N-ethyl adjacent to an activating group) is 1. The zero-order chi connectivity index (χ0) is 16.8. The molecule has 3 rings (SSSR count). The van der Waals surface area contributed by atoms with Crippen LogP contribution in [0.4, 0.5) is 5.69 Å². The van der Waals surface area contributed by atoms with Gasteiger partial charge in [-0.05, 0) is 51.6 Å². The van der Waals surface area contributed by atoms with Crippen LogP contribution in [0.5, 0.6) is 0 Å². The van der Waals surface area contributed by atoms with Gasteiger partial charge in [0.15, 0.2) is 0 Å². The Hall–Kier alpha value is -1.46. The molecule has 0 fully saturated rings. The molecule has 4 nitrogen and oxygen atoms in total. The molecule has 0 bridgehead atoms. The molecule has 2 aliphatic rings. The normalized spacial score (nSPS) is 23.3. The molecular weight excluding hydrogens is 287 g/mol. The van der Waals surface area contributed by atoms with Crippen LogP contribution < -0.4 is 15.7 Å². The summed E-state index contributed by atoms with van der Waals surface area (Å²) < 4.78 is 6.00. The highest BCUT2D eigenvalue weighted by Crippen LogP contribution is 2.40. The van der Waals surface area contributed by atoms with Crippen LogP contribution in [0.2, 0.25) is 0 Å². The molecule has 0 saturated heterocycles. The number of nitrogens with one attached hydrogen (secondary N) is 1. The van der Waals surface area contributed by atoms with E-state index in [0.29, 0.717) is 19.4 Å². The number of hydrogen-bond acceptors (Lipinski definition) is 4. The predicted molar refractivity (Wildman–Crippen MR) is 96.8 cm³/mol. The van der Waals surface area contributed by atoms with Crippen LogP contribution in [0.1, 0.15) is 39.2 Å². The van der Waals surface area contributed by atoms with E-state index in [1.165, 1.54) is 11.3 Å². The van der Waals surface area contributed by atoms with Gasteiger partial charge in [-0.1, -0.05) is 17.6 Å². The first-order valence-corrected chi connectivity index (χ1v) is 8.33. The molecule has 0 aliphatic carbocycles. The van der Waals surface area contributed by atoms with Crippen molar-refractivity contribution in [3.63, 3.8) is 0 Å². The fourth-order valence-electron chi connectivity index (χ4n) is 3.21. The Kier molecular flexibility index (Phi) is 3.97. The molecule has 1 aromatic rings. The lowest BCUT2D eigenvalue weighted by molar-refractivity contribution is -0.0893. The largest absolute Gasteiger partial charge is 0.427 e. The monoisotopic (exact) mass is 314 g/mol. The molecule has 0 amide bonds. The van der Waals surface area contributed by atoms with Crippen LogP contribution in [0.15, 0.2) is 30.5 Å². The van der Waals surface area contributed by atoms with Gasteiger partial charge in [0, 0.05) is 25.2 Å². The van der Waals surface area contributed by atoms with Crippen molar-refractivity contribution in [3.8, 4) is 0 Å². The maximum atomic E-state index is 10.2. The summed E-state index contributed by atoms with van der Waals surface area (Å²) in [5.41, 5.74) is 2.35. The van der Waals surface area contributed by atoms with Crippen LogP contribution in [-0.4, -0.2) is 43.4 Å². The van der Waals surface area contributed by atoms with Gasteiger partial charge in [-0.3, -0.25) is 0 Å². The SMILES string of the molecule is CN1c2cc(BOC(C)(C)C(C)(C)O)ccc2C2CNC=CC21. The summed E-state index contributed by atoms with van der Waals surface area (Å²) in [6.45, 7) is 8.41. The van der Waals surface area contributed by atoms with Crippen molar-refractivity contribution in [1.29, 1.82) is 0 Å². The second kappa shape index (κ2) is 5.57. The minimum atomic E-state index is -0.883. The number of anilines is 1. The number of aliphatic hydroxyl groups is 1. The quantitative estimate of drug-likeness (QED) is 0.821. The summed E-state index contributed by atoms with van der Waals surface area (Å²) in [6.07, 6.45) is 4.29. The third-order valence-electron chi connectivity index (χ3n) is 5.56. The van der Waals surface area contributed by atoms with Crippen LogP contribution >= 0.6 is 0 Å². The second-order valence-electron chi connectivity index (χ2n) is 7.73. The summed E-state index contributed by atoms with van der Waals surface area (Å²) in [5.74, 6) is 0.516. The number of fused-ring (bicyclic) bond motifs is 3. The maximum absolute atomic E-state index is 10.2. The van der Waals surface area contributed by atoms with Crippen molar-refractivity contribution in [2.24, 2.45) is 0 Å². The average molecular weight is 314 g/mol. The van der Waals surface area contributed by atoms with Crippen molar-refractivity contribution in [2.45, 2.75) is 50.9 Å². The van der Waals surface area contributed by atoms with Crippen LogP contribution in [0.3, 0.4) is 0 Å². The van der Waals surface area contributed by atoms with Crippen molar-refractivity contribution in [2.75, 3.05) is 18.5 Å². The van der Waals surface area contributed by atoms with E-state index >= 15 is 0 Å². The summed E-state index contributed by atoms with van der Waals surface area (Å²) in [5, 5.41) is 13.5. The lowest BCUT2D eigenvalue weighted by Gasteiger charge is -2.37. The lowest BCUT2D eigenvalue weighted by Crippen LogP contribution is -2.49. The van der Waals surface area contributed by atoms with Gasteiger partial charge in [-0.15, -0.1) is 0 Å². The van der Waals surface area contributed by atoms with Crippen molar-refractivity contribution < 1.29 is 9.76 Å². The molecule has 0 spiro atoms. The topological polar surface area (TPSA) is 44.7 Å². The van der Waals surface area contributed by atoms with Gasteiger partial charge in [-0.25, -0.2) is 0 Å². The minimum Gasteiger partial charge on any atom is -0.427 e.